The summed E-state index contributed by atoms with van der Waals surface area (Å²) in [7, 11) is -6.37. The number of rotatable bonds is 17. The van der Waals surface area contributed by atoms with Crippen LogP contribution in [0.25, 0.3) is 0 Å². The van der Waals surface area contributed by atoms with Crippen LogP contribution in [-0.2, 0) is 42.4 Å². The van der Waals surface area contributed by atoms with Crippen molar-refractivity contribution in [2.75, 3.05) is 26.1 Å². The highest BCUT2D eigenvalue weighted by Crippen LogP contribution is 2.43. The average molecular weight is 825 g/mol. The molecular weight excluding hydrogens is 749 g/mol. The van der Waals surface area contributed by atoms with Crippen molar-refractivity contribution in [1.82, 2.24) is 0 Å². The lowest BCUT2D eigenvalue weighted by Crippen LogP contribution is -2.49. The molecule has 0 amide bonds. The normalized spacial score (nSPS) is 26.6. The molecule has 2 aliphatic heterocycles. The van der Waals surface area contributed by atoms with Gasteiger partial charge in [0.15, 0.2) is 26.5 Å². The molecule has 2 aliphatic rings. The summed E-state index contributed by atoms with van der Waals surface area (Å²) in [5.74, 6) is -0.587. The van der Waals surface area contributed by atoms with E-state index in [4.69, 9.17) is 27.8 Å². The van der Waals surface area contributed by atoms with Crippen LogP contribution in [0.3, 0.4) is 0 Å². The molecule has 9 nitrogen and oxygen atoms in total. The van der Waals surface area contributed by atoms with Crippen molar-refractivity contribution in [3.8, 4) is 0 Å². The zero-order chi connectivity index (χ0) is 41.8. The van der Waals surface area contributed by atoms with Crippen LogP contribution in [0, 0.1) is 17.3 Å². The molecule has 0 saturated carbocycles. The molecular formula is C43H76O9SSi2. The zero-order valence-electron chi connectivity index (χ0n) is 37.0. The van der Waals surface area contributed by atoms with Gasteiger partial charge < -0.3 is 27.8 Å². The number of hydrogen-bond donors (Lipinski definition) is 0. The molecule has 2 saturated heterocycles. The lowest BCUT2D eigenvalue weighted by atomic mass is 9.83. The lowest BCUT2D eigenvalue weighted by molar-refractivity contribution is -0.153. The summed E-state index contributed by atoms with van der Waals surface area (Å²) in [6.07, 6.45) is 1.20. The Kier molecular flexibility index (Phi) is 16.3. The van der Waals surface area contributed by atoms with E-state index >= 15 is 0 Å². The van der Waals surface area contributed by atoms with Crippen LogP contribution in [0.15, 0.2) is 47.4 Å². The van der Waals surface area contributed by atoms with E-state index in [2.05, 4.69) is 81.2 Å². The fourth-order valence-corrected chi connectivity index (χ4v) is 10.9. The maximum absolute atomic E-state index is 14.0. The van der Waals surface area contributed by atoms with E-state index in [-0.39, 0.29) is 50.9 Å². The standard InChI is InChI=1S/C43H76O9SSi2/c1-30-25-32(21-20-24-48-40(44)41(3,4)5)50-36(31(30)2)27-37-35(29-53(45,46)34-22-18-17-19-23-34)39(47-12)38(51-37)26-33(52-55(15,16)43(9,10)11)28-49-54(13,14)42(6,7)8/h17-19,22-23,30,32-33,35-39H,2,20-21,24-29H2,1,3-16H3/t30-,32+,33?,35+,36-,37+,38-,39-/m1/s1. The molecule has 55 heavy (non-hydrogen) atoms. The van der Waals surface area contributed by atoms with Crippen molar-refractivity contribution in [3.05, 3.63) is 42.5 Å². The van der Waals surface area contributed by atoms with Crippen LogP contribution in [-0.4, -0.2) is 93.7 Å². The number of methoxy groups -OCH3 is 1. The predicted octanol–water partition coefficient (Wildman–Crippen LogP) is 9.77. The van der Waals surface area contributed by atoms with Crippen molar-refractivity contribution in [2.24, 2.45) is 17.3 Å². The molecule has 8 atom stereocenters. The molecule has 0 spiro atoms. The Morgan fingerprint density at radius 3 is 2.07 bits per heavy atom. The number of sulfone groups is 1. The summed E-state index contributed by atoms with van der Waals surface area (Å²) >= 11 is 0. The Balaban J connectivity index is 1.92. The minimum atomic E-state index is -3.68. The Morgan fingerprint density at radius 2 is 1.53 bits per heavy atom. The molecule has 2 fully saturated rings. The number of esters is 1. The zero-order valence-corrected chi connectivity index (χ0v) is 39.8. The van der Waals surface area contributed by atoms with Gasteiger partial charge in [-0.25, -0.2) is 8.42 Å². The summed E-state index contributed by atoms with van der Waals surface area (Å²) < 4.78 is 67.4. The monoisotopic (exact) mass is 824 g/mol. The van der Waals surface area contributed by atoms with Gasteiger partial charge in [0.1, 0.15) is 0 Å². The van der Waals surface area contributed by atoms with Crippen LogP contribution >= 0.6 is 0 Å². The van der Waals surface area contributed by atoms with Crippen molar-refractivity contribution >= 4 is 32.4 Å². The van der Waals surface area contributed by atoms with Crippen molar-refractivity contribution in [2.45, 2.75) is 179 Å². The second kappa shape index (κ2) is 18.7. The fourth-order valence-electron chi connectivity index (χ4n) is 6.87. The lowest BCUT2D eigenvalue weighted by Gasteiger charge is -2.42. The number of carbonyl (C=O) groups excluding carboxylic acids is 1. The van der Waals surface area contributed by atoms with Gasteiger partial charge in [0.05, 0.1) is 65.9 Å². The fraction of sp³-hybridized carbons (Fsp3) is 0.791. The quantitative estimate of drug-likeness (QED) is 0.0657. The van der Waals surface area contributed by atoms with E-state index in [1.54, 1.807) is 31.4 Å². The molecule has 0 radical (unpaired) electrons. The number of hydrogen-bond acceptors (Lipinski definition) is 9. The smallest absolute Gasteiger partial charge is 0.311 e. The minimum Gasteiger partial charge on any atom is -0.465 e. The molecule has 2 heterocycles. The Labute approximate surface area is 337 Å². The molecule has 1 aromatic rings. The topological polar surface area (TPSA) is 107 Å². The summed E-state index contributed by atoms with van der Waals surface area (Å²) in [4.78, 5) is 12.6. The van der Waals surface area contributed by atoms with Crippen molar-refractivity contribution in [3.63, 3.8) is 0 Å². The minimum absolute atomic E-state index is 0.0194. The molecule has 316 valence electrons. The Hall–Kier alpha value is -1.39. The predicted molar refractivity (Wildman–Crippen MR) is 227 cm³/mol. The molecule has 0 aromatic heterocycles. The van der Waals surface area contributed by atoms with Crippen LogP contribution in [0.2, 0.25) is 36.3 Å². The van der Waals surface area contributed by atoms with Gasteiger partial charge in [-0.3, -0.25) is 4.79 Å². The SMILES string of the molecule is C=C1[C@H](C)C[C@H](CCCOC(=O)C(C)(C)C)O[C@@H]1C[C@@H]1O[C@H](CC(CO[Si](C)(C)C(C)(C)C)O[Si](C)(C)C(C)(C)C)[C@H](OC)[C@H]1CS(=O)(=O)c1ccccc1. The molecule has 0 N–H and O–H groups in total. The molecule has 1 aromatic carbocycles. The molecule has 0 aliphatic carbocycles. The van der Waals surface area contributed by atoms with E-state index < -0.39 is 56.1 Å². The summed E-state index contributed by atoms with van der Waals surface area (Å²) in [6.45, 7) is 35.4. The van der Waals surface area contributed by atoms with Crippen LogP contribution in [0.4, 0.5) is 0 Å². The molecule has 1 unspecified atom stereocenters. The molecule has 12 heteroatoms. The highest BCUT2D eigenvalue weighted by atomic mass is 32.2. The summed E-state index contributed by atoms with van der Waals surface area (Å²) in [5.41, 5.74) is 0.444. The first-order valence-corrected chi connectivity index (χ1v) is 27.9. The van der Waals surface area contributed by atoms with Gasteiger partial charge in [0.25, 0.3) is 0 Å². The largest absolute Gasteiger partial charge is 0.465 e. The highest BCUT2D eigenvalue weighted by Gasteiger charge is 2.50. The average Bonchev–Trinajstić information content (AvgIpc) is 3.36. The Morgan fingerprint density at radius 1 is 0.927 bits per heavy atom. The van der Waals surface area contributed by atoms with Gasteiger partial charge in [-0.1, -0.05) is 73.2 Å². The summed E-state index contributed by atoms with van der Waals surface area (Å²) in [6, 6.07) is 8.63. The third-order valence-electron chi connectivity index (χ3n) is 12.6. The number of ether oxygens (including phenoxy) is 4. The van der Waals surface area contributed by atoms with E-state index in [1.807, 2.05) is 26.8 Å². The van der Waals surface area contributed by atoms with Crippen molar-refractivity contribution in [1.29, 1.82) is 0 Å². The maximum Gasteiger partial charge on any atom is 0.311 e. The van der Waals surface area contributed by atoms with Crippen LogP contribution < -0.4 is 0 Å². The van der Waals surface area contributed by atoms with E-state index in [0.29, 0.717) is 32.5 Å². The van der Waals surface area contributed by atoms with Crippen LogP contribution in [0.1, 0.15) is 101 Å². The second-order valence-corrected chi connectivity index (χ2v) is 31.8. The summed E-state index contributed by atoms with van der Waals surface area (Å²) in [5, 5.41) is 0.0120. The highest BCUT2D eigenvalue weighted by molar-refractivity contribution is 7.91. The van der Waals surface area contributed by atoms with Crippen LogP contribution in [0.5, 0.6) is 0 Å². The first kappa shape index (κ1) is 48.0. The van der Waals surface area contributed by atoms with Gasteiger partial charge in [-0.05, 0) is 99.9 Å². The van der Waals surface area contributed by atoms with Gasteiger partial charge in [0, 0.05) is 25.9 Å². The number of carbonyl (C=O) groups is 1. The van der Waals surface area contributed by atoms with Gasteiger partial charge in [-0.15, -0.1) is 0 Å². The van der Waals surface area contributed by atoms with Crippen molar-refractivity contribution < 1.29 is 41.0 Å². The Bertz CT molecular complexity index is 1510. The van der Waals surface area contributed by atoms with Gasteiger partial charge in [0.2, 0.25) is 0 Å². The van der Waals surface area contributed by atoms with E-state index in [0.717, 1.165) is 18.4 Å². The number of benzene rings is 1. The van der Waals surface area contributed by atoms with E-state index in [1.165, 1.54) is 0 Å². The second-order valence-electron chi connectivity index (χ2n) is 20.2. The third kappa shape index (κ3) is 13.1. The molecule has 3 rings (SSSR count). The van der Waals surface area contributed by atoms with Gasteiger partial charge >= 0.3 is 5.97 Å². The first-order valence-electron chi connectivity index (χ1n) is 20.4. The first-order chi connectivity index (χ1) is 25.1. The maximum atomic E-state index is 14.0. The van der Waals surface area contributed by atoms with E-state index in [9.17, 15) is 13.2 Å². The third-order valence-corrected chi connectivity index (χ3v) is 23.4. The van der Waals surface area contributed by atoms with Gasteiger partial charge in [-0.2, -0.15) is 0 Å². The molecule has 0 bridgehead atoms.